The minimum absolute atomic E-state index is 0.161. The van der Waals surface area contributed by atoms with E-state index >= 15 is 0 Å². The van der Waals surface area contributed by atoms with Crippen LogP contribution in [0.3, 0.4) is 0 Å². The summed E-state index contributed by atoms with van der Waals surface area (Å²) in [5.41, 5.74) is 0.915. The molecule has 3 aromatic rings. The molecule has 4 rings (SSSR count). The maximum absolute atomic E-state index is 13.0. The number of amides is 1. The second-order valence-corrected chi connectivity index (χ2v) is 7.39. The lowest BCUT2D eigenvalue weighted by Crippen LogP contribution is -2.34. The minimum atomic E-state index is -0.852. The number of rotatable bonds is 3. The van der Waals surface area contributed by atoms with Gasteiger partial charge in [0.25, 0.3) is 11.8 Å². The van der Waals surface area contributed by atoms with Crippen molar-refractivity contribution in [1.29, 1.82) is 0 Å². The van der Waals surface area contributed by atoms with Crippen LogP contribution in [0.2, 0.25) is 5.02 Å². The molecule has 1 aliphatic heterocycles. The highest BCUT2D eigenvalue weighted by atomic mass is 35.5. The SMILES string of the molecule is CC1(O)CCN(C(=O)c2ccccc2-c2nc(-c3cccc(Cl)c3)no2)C1. The average Bonchev–Trinajstić information content (AvgIpc) is 3.28. The summed E-state index contributed by atoms with van der Waals surface area (Å²) in [5.74, 6) is 0.504. The van der Waals surface area contributed by atoms with Crippen molar-refractivity contribution in [3.8, 4) is 22.8 Å². The zero-order valence-electron chi connectivity index (χ0n) is 14.7. The molecule has 1 unspecified atom stereocenters. The zero-order valence-corrected chi connectivity index (χ0v) is 15.5. The number of benzene rings is 2. The summed E-state index contributed by atoms with van der Waals surface area (Å²) in [6.45, 7) is 2.55. The Balaban J connectivity index is 1.67. The Labute approximate surface area is 161 Å². The van der Waals surface area contributed by atoms with E-state index in [1.807, 2.05) is 18.2 Å². The Morgan fingerprint density at radius 2 is 2.07 bits per heavy atom. The molecular formula is C20H18ClN3O3. The Hall–Kier alpha value is -2.70. The van der Waals surface area contributed by atoms with Crippen LogP contribution in [0.25, 0.3) is 22.8 Å². The van der Waals surface area contributed by atoms with E-state index in [9.17, 15) is 9.90 Å². The van der Waals surface area contributed by atoms with Crippen LogP contribution < -0.4 is 0 Å². The molecule has 0 bridgehead atoms. The summed E-state index contributed by atoms with van der Waals surface area (Å²) in [4.78, 5) is 19.0. The molecule has 27 heavy (non-hydrogen) atoms. The van der Waals surface area contributed by atoms with Gasteiger partial charge in [0.15, 0.2) is 0 Å². The molecular weight excluding hydrogens is 366 g/mol. The van der Waals surface area contributed by atoms with Gasteiger partial charge in [0.2, 0.25) is 5.82 Å². The Morgan fingerprint density at radius 1 is 1.26 bits per heavy atom. The summed E-state index contributed by atoms with van der Waals surface area (Å²) in [6, 6.07) is 14.3. The van der Waals surface area contributed by atoms with E-state index in [4.69, 9.17) is 16.1 Å². The van der Waals surface area contributed by atoms with E-state index in [0.29, 0.717) is 41.5 Å². The smallest absolute Gasteiger partial charge is 0.259 e. The van der Waals surface area contributed by atoms with Crippen LogP contribution in [-0.4, -0.2) is 44.7 Å². The molecule has 0 aliphatic carbocycles. The van der Waals surface area contributed by atoms with Gasteiger partial charge in [-0.3, -0.25) is 4.79 Å². The summed E-state index contributed by atoms with van der Waals surface area (Å²) in [7, 11) is 0. The van der Waals surface area contributed by atoms with E-state index in [1.165, 1.54) is 0 Å². The normalized spacial score (nSPS) is 19.4. The highest BCUT2D eigenvalue weighted by Gasteiger charge is 2.35. The quantitative estimate of drug-likeness (QED) is 0.746. The van der Waals surface area contributed by atoms with E-state index in [2.05, 4.69) is 10.1 Å². The molecule has 1 amide bonds. The first-order valence-electron chi connectivity index (χ1n) is 8.64. The minimum Gasteiger partial charge on any atom is -0.388 e. The van der Waals surface area contributed by atoms with Crippen LogP contribution in [0, 0.1) is 0 Å². The number of hydrogen-bond acceptors (Lipinski definition) is 5. The van der Waals surface area contributed by atoms with Gasteiger partial charge in [-0.1, -0.05) is 41.0 Å². The van der Waals surface area contributed by atoms with Crippen molar-refractivity contribution in [2.75, 3.05) is 13.1 Å². The number of halogens is 1. The number of carbonyl (C=O) groups excluding carboxylic acids is 1. The van der Waals surface area contributed by atoms with Crippen LogP contribution in [0.5, 0.6) is 0 Å². The monoisotopic (exact) mass is 383 g/mol. The van der Waals surface area contributed by atoms with Crippen molar-refractivity contribution in [3.05, 3.63) is 59.1 Å². The maximum Gasteiger partial charge on any atom is 0.259 e. The van der Waals surface area contributed by atoms with Gasteiger partial charge in [-0.2, -0.15) is 4.98 Å². The molecule has 1 atom stereocenters. The van der Waals surface area contributed by atoms with Gasteiger partial charge in [0, 0.05) is 23.7 Å². The Kier molecular flexibility index (Phi) is 4.45. The zero-order chi connectivity index (χ0) is 19.0. The van der Waals surface area contributed by atoms with Crippen molar-refractivity contribution < 1.29 is 14.4 Å². The Bertz CT molecular complexity index is 999. The first-order chi connectivity index (χ1) is 12.9. The molecule has 1 aliphatic rings. The number of nitrogens with zero attached hydrogens (tertiary/aromatic N) is 3. The van der Waals surface area contributed by atoms with Crippen molar-refractivity contribution in [1.82, 2.24) is 15.0 Å². The van der Waals surface area contributed by atoms with Crippen LogP contribution in [-0.2, 0) is 0 Å². The third-order valence-corrected chi connectivity index (χ3v) is 4.87. The predicted octanol–water partition coefficient (Wildman–Crippen LogP) is 3.65. The van der Waals surface area contributed by atoms with Crippen molar-refractivity contribution in [2.24, 2.45) is 0 Å². The third kappa shape index (κ3) is 3.59. The van der Waals surface area contributed by atoms with E-state index in [-0.39, 0.29) is 11.8 Å². The summed E-state index contributed by atoms with van der Waals surface area (Å²) < 4.78 is 5.42. The summed E-state index contributed by atoms with van der Waals surface area (Å²) in [5, 5.41) is 14.7. The molecule has 2 aromatic carbocycles. The summed E-state index contributed by atoms with van der Waals surface area (Å²) >= 11 is 6.02. The highest BCUT2D eigenvalue weighted by Crippen LogP contribution is 2.29. The van der Waals surface area contributed by atoms with Crippen molar-refractivity contribution >= 4 is 17.5 Å². The molecule has 2 heterocycles. The number of carbonyl (C=O) groups is 1. The number of aromatic nitrogens is 2. The molecule has 1 saturated heterocycles. The molecule has 1 N–H and O–H groups in total. The number of aliphatic hydroxyl groups is 1. The second kappa shape index (κ2) is 6.79. The Morgan fingerprint density at radius 3 is 2.81 bits per heavy atom. The molecule has 1 fully saturated rings. The van der Waals surface area contributed by atoms with Gasteiger partial charge in [-0.25, -0.2) is 0 Å². The number of hydrogen-bond donors (Lipinski definition) is 1. The van der Waals surface area contributed by atoms with Crippen LogP contribution in [0.15, 0.2) is 53.1 Å². The van der Waals surface area contributed by atoms with Gasteiger partial charge < -0.3 is 14.5 Å². The van der Waals surface area contributed by atoms with Gasteiger partial charge in [0.1, 0.15) is 0 Å². The molecule has 0 radical (unpaired) electrons. The molecule has 1 aromatic heterocycles. The fourth-order valence-electron chi connectivity index (χ4n) is 3.22. The first kappa shape index (κ1) is 17.7. The molecule has 0 spiro atoms. The average molecular weight is 384 g/mol. The molecule has 138 valence electrons. The van der Waals surface area contributed by atoms with Gasteiger partial charge in [-0.15, -0.1) is 0 Å². The van der Waals surface area contributed by atoms with E-state index in [0.717, 1.165) is 5.56 Å². The third-order valence-electron chi connectivity index (χ3n) is 4.64. The van der Waals surface area contributed by atoms with Crippen LogP contribution >= 0.6 is 11.6 Å². The van der Waals surface area contributed by atoms with E-state index in [1.54, 1.807) is 42.2 Å². The standard InChI is InChI=1S/C20H18ClN3O3/c1-20(26)9-10-24(12-20)19(25)16-8-3-2-7-15(16)18-22-17(23-27-18)13-5-4-6-14(21)11-13/h2-8,11,26H,9-10,12H2,1H3. The predicted molar refractivity (Wildman–Crippen MR) is 101 cm³/mol. The van der Waals surface area contributed by atoms with Crippen LogP contribution in [0.4, 0.5) is 0 Å². The molecule has 6 nitrogen and oxygen atoms in total. The fraction of sp³-hybridized carbons (Fsp3) is 0.250. The van der Waals surface area contributed by atoms with Crippen molar-refractivity contribution in [2.45, 2.75) is 18.9 Å². The van der Waals surface area contributed by atoms with Crippen LogP contribution in [0.1, 0.15) is 23.7 Å². The van der Waals surface area contributed by atoms with Gasteiger partial charge in [0.05, 0.1) is 16.7 Å². The number of likely N-dealkylation sites (tertiary alicyclic amines) is 1. The maximum atomic E-state index is 13.0. The lowest BCUT2D eigenvalue weighted by Gasteiger charge is -2.19. The fourth-order valence-corrected chi connectivity index (χ4v) is 3.41. The first-order valence-corrected chi connectivity index (χ1v) is 9.01. The van der Waals surface area contributed by atoms with Gasteiger partial charge >= 0.3 is 0 Å². The molecule has 0 saturated carbocycles. The largest absolute Gasteiger partial charge is 0.388 e. The highest BCUT2D eigenvalue weighted by molar-refractivity contribution is 6.30. The van der Waals surface area contributed by atoms with Gasteiger partial charge in [-0.05, 0) is 37.6 Å². The van der Waals surface area contributed by atoms with E-state index < -0.39 is 5.60 Å². The number of β-amino-alcohol motifs (C(OH)–C–C–N with tert-alkyl or cyclic N) is 1. The molecule has 7 heteroatoms. The second-order valence-electron chi connectivity index (χ2n) is 6.95. The summed E-state index contributed by atoms with van der Waals surface area (Å²) in [6.07, 6.45) is 0.556. The lowest BCUT2D eigenvalue weighted by atomic mass is 10.1. The topological polar surface area (TPSA) is 79.5 Å². The lowest BCUT2D eigenvalue weighted by molar-refractivity contribution is 0.0572. The van der Waals surface area contributed by atoms with Crippen molar-refractivity contribution in [3.63, 3.8) is 0 Å².